The van der Waals surface area contributed by atoms with Crippen LogP contribution in [0, 0.1) is 11.8 Å². The summed E-state index contributed by atoms with van der Waals surface area (Å²) < 4.78 is 0. The molecule has 1 unspecified atom stereocenters. The van der Waals surface area contributed by atoms with Crippen molar-refractivity contribution in [2.24, 2.45) is 11.8 Å². The summed E-state index contributed by atoms with van der Waals surface area (Å²) >= 11 is 0. The van der Waals surface area contributed by atoms with E-state index in [-0.39, 0.29) is 0 Å². The molecule has 0 aliphatic carbocycles. The highest BCUT2D eigenvalue weighted by molar-refractivity contribution is 4.99. The highest BCUT2D eigenvalue weighted by Gasteiger charge is 2.28. The van der Waals surface area contributed by atoms with Gasteiger partial charge in [0.1, 0.15) is 0 Å². The minimum absolute atomic E-state index is 0.821. The maximum absolute atomic E-state index is 4.26. The van der Waals surface area contributed by atoms with E-state index in [9.17, 15) is 0 Å². The second-order valence-corrected chi connectivity index (χ2v) is 5.35. The molecule has 2 fully saturated rings. The summed E-state index contributed by atoms with van der Waals surface area (Å²) in [7, 11) is 0. The first-order chi connectivity index (χ1) is 7.18. The van der Waals surface area contributed by atoms with Crippen molar-refractivity contribution in [3.8, 4) is 0 Å². The molecule has 2 heteroatoms. The summed E-state index contributed by atoms with van der Waals surface area (Å²) in [6.45, 7) is 13.8. The zero-order chi connectivity index (χ0) is 10.8. The molecule has 15 heavy (non-hydrogen) atoms. The van der Waals surface area contributed by atoms with Crippen molar-refractivity contribution in [1.29, 1.82) is 0 Å². The molecule has 2 heterocycles. The van der Waals surface area contributed by atoms with Crippen LogP contribution < -0.4 is 0 Å². The Bertz CT molecular complexity index is 229. The van der Waals surface area contributed by atoms with Crippen LogP contribution in [0.4, 0.5) is 0 Å². The summed E-state index contributed by atoms with van der Waals surface area (Å²) in [6.07, 6.45) is 4.05. The normalized spacial score (nSPS) is 26.7. The monoisotopic (exact) mass is 208 g/mol. The standard InChI is InChI=1S/C13H24N2/c1-11(2)13-6-9-15(10-13)12(3)14-7-4-5-8-14/h11,13H,3-10H2,1-2H3. The van der Waals surface area contributed by atoms with Crippen LogP contribution in [0.25, 0.3) is 0 Å². The molecule has 2 aliphatic rings. The Morgan fingerprint density at radius 1 is 1.13 bits per heavy atom. The summed E-state index contributed by atoms with van der Waals surface area (Å²) in [5, 5.41) is 0. The van der Waals surface area contributed by atoms with Crippen LogP contribution in [0.1, 0.15) is 33.1 Å². The molecule has 2 nitrogen and oxygen atoms in total. The Morgan fingerprint density at radius 3 is 2.33 bits per heavy atom. The minimum Gasteiger partial charge on any atom is -0.359 e. The van der Waals surface area contributed by atoms with Gasteiger partial charge < -0.3 is 9.80 Å². The average Bonchev–Trinajstić information content (AvgIpc) is 2.88. The van der Waals surface area contributed by atoms with Crippen molar-refractivity contribution >= 4 is 0 Å². The quantitative estimate of drug-likeness (QED) is 0.703. The van der Waals surface area contributed by atoms with Gasteiger partial charge in [-0.15, -0.1) is 0 Å². The third-order valence-electron chi connectivity index (χ3n) is 4.00. The van der Waals surface area contributed by atoms with Gasteiger partial charge in [0.25, 0.3) is 0 Å². The molecule has 0 N–H and O–H groups in total. The first-order valence-corrected chi connectivity index (χ1v) is 6.37. The van der Waals surface area contributed by atoms with Crippen LogP contribution in [-0.2, 0) is 0 Å². The van der Waals surface area contributed by atoms with Crippen LogP contribution in [0.3, 0.4) is 0 Å². The molecule has 0 aromatic carbocycles. The highest BCUT2D eigenvalue weighted by atomic mass is 15.3. The van der Waals surface area contributed by atoms with Crippen LogP contribution in [0.15, 0.2) is 12.4 Å². The second-order valence-electron chi connectivity index (χ2n) is 5.35. The number of rotatable bonds is 3. The fraction of sp³-hybridized carbons (Fsp3) is 0.846. The average molecular weight is 208 g/mol. The fourth-order valence-electron chi connectivity index (χ4n) is 2.74. The summed E-state index contributed by atoms with van der Waals surface area (Å²) in [5.74, 6) is 2.99. The lowest BCUT2D eigenvalue weighted by molar-refractivity contribution is 0.257. The van der Waals surface area contributed by atoms with Crippen LogP contribution >= 0.6 is 0 Å². The van der Waals surface area contributed by atoms with E-state index in [1.165, 1.54) is 51.3 Å². The zero-order valence-electron chi connectivity index (χ0n) is 10.2. The van der Waals surface area contributed by atoms with E-state index in [1.807, 2.05) is 0 Å². The number of hydrogen-bond acceptors (Lipinski definition) is 2. The van der Waals surface area contributed by atoms with Gasteiger partial charge in [-0.3, -0.25) is 0 Å². The summed E-state index contributed by atoms with van der Waals surface area (Å²) in [6, 6.07) is 0. The molecule has 0 spiro atoms. The molecule has 0 saturated carbocycles. The molecule has 0 aromatic rings. The van der Waals surface area contributed by atoms with Gasteiger partial charge in [0.15, 0.2) is 0 Å². The predicted molar refractivity (Wildman–Crippen MR) is 64.5 cm³/mol. The molecule has 0 aromatic heterocycles. The number of likely N-dealkylation sites (tertiary alicyclic amines) is 2. The number of hydrogen-bond donors (Lipinski definition) is 0. The molecule has 0 radical (unpaired) electrons. The molecular weight excluding hydrogens is 184 g/mol. The minimum atomic E-state index is 0.821. The maximum atomic E-state index is 4.26. The SMILES string of the molecule is C=C(N1CCCC1)N1CCC(C(C)C)C1. The molecular formula is C13H24N2. The van der Waals surface area contributed by atoms with Crippen molar-refractivity contribution in [3.63, 3.8) is 0 Å². The van der Waals surface area contributed by atoms with Gasteiger partial charge in [-0.2, -0.15) is 0 Å². The first-order valence-electron chi connectivity index (χ1n) is 6.37. The molecule has 2 saturated heterocycles. The van der Waals surface area contributed by atoms with Crippen molar-refractivity contribution < 1.29 is 0 Å². The van der Waals surface area contributed by atoms with Gasteiger partial charge in [-0.25, -0.2) is 0 Å². The van der Waals surface area contributed by atoms with Gasteiger partial charge in [0.05, 0.1) is 5.82 Å². The Balaban J connectivity index is 1.87. The van der Waals surface area contributed by atoms with E-state index < -0.39 is 0 Å². The van der Waals surface area contributed by atoms with Crippen molar-refractivity contribution in [3.05, 3.63) is 12.4 Å². The lowest BCUT2D eigenvalue weighted by Gasteiger charge is -2.29. The van der Waals surface area contributed by atoms with Gasteiger partial charge in [-0.05, 0) is 31.1 Å². The van der Waals surface area contributed by atoms with E-state index in [0.717, 1.165) is 11.8 Å². The molecule has 0 amide bonds. The van der Waals surface area contributed by atoms with E-state index in [4.69, 9.17) is 0 Å². The third kappa shape index (κ3) is 2.30. The van der Waals surface area contributed by atoms with Gasteiger partial charge in [-0.1, -0.05) is 20.4 Å². The smallest absolute Gasteiger partial charge is 0.0965 e. The maximum Gasteiger partial charge on any atom is 0.0965 e. The Hall–Kier alpha value is -0.660. The number of nitrogens with zero attached hydrogens (tertiary/aromatic N) is 2. The molecule has 1 atom stereocenters. The Kier molecular flexibility index (Phi) is 3.22. The Morgan fingerprint density at radius 2 is 1.80 bits per heavy atom. The lowest BCUT2D eigenvalue weighted by Crippen LogP contribution is -2.32. The fourth-order valence-corrected chi connectivity index (χ4v) is 2.74. The lowest BCUT2D eigenvalue weighted by atomic mass is 9.95. The van der Waals surface area contributed by atoms with Crippen LogP contribution in [-0.4, -0.2) is 36.0 Å². The van der Waals surface area contributed by atoms with Crippen LogP contribution in [0.2, 0.25) is 0 Å². The second kappa shape index (κ2) is 4.46. The largest absolute Gasteiger partial charge is 0.359 e. The van der Waals surface area contributed by atoms with E-state index in [2.05, 4.69) is 30.2 Å². The molecule has 2 aliphatic heterocycles. The topological polar surface area (TPSA) is 6.48 Å². The van der Waals surface area contributed by atoms with E-state index in [0.29, 0.717) is 0 Å². The van der Waals surface area contributed by atoms with Crippen molar-refractivity contribution in [2.75, 3.05) is 26.2 Å². The van der Waals surface area contributed by atoms with Crippen molar-refractivity contribution in [2.45, 2.75) is 33.1 Å². The van der Waals surface area contributed by atoms with Gasteiger partial charge >= 0.3 is 0 Å². The molecule has 2 rings (SSSR count). The van der Waals surface area contributed by atoms with Crippen LogP contribution in [0.5, 0.6) is 0 Å². The zero-order valence-corrected chi connectivity index (χ0v) is 10.2. The summed E-state index contributed by atoms with van der Waals surface area (Å²) in [4.78, 5) is 4.96. The molecule has 86 valence electrons. The molecule has 0 bridgehead atoms. The van der Waals surface area contributed by atoms with Gasteiger partial charge in [0.2, 0.25) is 0 Å². The predicted octanol–water partition coefficient (Wildman–Crippen LogP) is 2.53. The third-order valence-corrected chi connectivity index (χ3v) is 4.00. The highest BCUT2D eigenvalue weighted by Crippen LogP contribution is 2.28. The van der Waals surface area contributed by atoms with Gasteiger partial charge in [0, 0.05) is 26.2 Å². The van der Waals surface area contributed by atoms with E-state index in [1.54, 1.807) is 0 Å². The van der Waals surface area contributed by atoms with E-state index >= 15 is 0 Å². The first kappa shape index (κ1) is 10.8. The Labute approximate surface area is 93.9 Å². The van der Waals surface area contributed by atoms with Crippen molar-refractivity contribution in [1.82, 2.24) is 9.80 Å². The summed E-state index contributed by atoms with van der Waals surface area (Å²) in [5.41, 5.74) is 0.